The van der Waals surface area contributed by atoms with Crippen molar-refractivity contribution in [2.45, 2.75) is 31.8 Å². The number of nitrogens with one attached hydrogen (secondary N) is 2. The van der Waals surface area contributed by atoms with E-state index in [-0.39, 0.29) is 24.4 Å². The van der Waals surface area contributed by atoms with Crippen molar-refractivity contribution in [3.63, 3.8) is 0 Å². The van der Waals surface area contributed by atoms with E-state index in [1.807, 2.05) is 54.6 Å². The molecule has 2 aliphatic heterocycles. The first-order valence-electron chi connectivity index (χ1n) is 9.92. The highest BCUT2D eigenvalue weighted by molar-refractivity contribution is 6.01. The molecule has 2 saturated heterocycles. The minimum Gasteiger partial charge on any atom is -0.330 e. The molecule has 2 aliphatic rings. The normalized spacial score (nSPS) is 22.5. The molecule has 2 atom stereocenters. The number of carbonyl (C=O) groups excluding carboxylic acids is 2. The van der Waals surface area contributed by atoms with Crippen molar-refractivity contribution in [1.82, 2.24) is 15.8 Å². The van der Waals surface area contributed by atoms with Crippen LogP contribution in [0.3, 0.4) is 0 Å². The Bertz CT molecular complexity index is 855. The Balaban J connectivity index is 1.49. The van der Waals surface area contributed by atoms with Crippen LogP contribution in [0.4, 0.5) is 5.69 Å². The first kappa shape index (κ1) is 18.7. The van der Waals surface area contributed by atoms with E-state index in [9.17, 15) is 9.59 Å². The molecular formula is C22H26N4O2. The average Bonchev–Trinajstić information content (AvgIpc) is 3.23. The summed E-state index contributed by atoms with van der Waals surface area (Å²) in [5.74, 6) is -0.0335. The summed E-state index contributed by atoms with van der Waals surface area (Å²) in [5, 5.41) is 0. The first-order valence-corrected chi connectivity index (χ1v) is 9.92. The standard InChI is InChI=1S/C22H26N4O2/c1-2-17-14-19(24-23-17)22(28)25-12-13-26(21(27)15-25)20-11-7-6-10-18(20)16-8-4-3-5-9-16/h3-11,17,19,23-24H,2,12-15H2,1H3. The van der Waals surface area contributed by atoms with E-state index < -0.39 is 0 Å². The van der Waals surface area contributed by atoms with Crippen LogP contribution in [0.15, 0.2) is 54.6 Å². The van der Waals surface area contributed by atoms with E-state index in [2.05, 4.69) is 17.8 Å². The van der Waals surface area contributed by atoms with Gasteiger partial charge in [0.05, 0.1) is 5.69 Å². The summed E-state index contributed by atoms with van der Waals surface area (Å²) < 4.78 is 0. The highest BCUT2D eigenvalue weighted by atomic mass is 16.2. The molecule has 0 spiro atoms. The van der Waals surface area contributed by atoms with Gasteiger partial charge in [0.1, 0.15) is 12.6 Å². The average molecular weight is 378 g/mol. The van der Waals surface area contributed by atoms with E-state index in [0.29, 0.717) is 19.1 Å². The van der Waals surface area contributed by atoms with Gasteiger partial charge in [0, 0.05) is 24.7 Å². The van der Waals surface area contributed by atoms with Gasteiger partial charge in [-0.15, -0.1) is 0 Å². The van der Waals surface area contributed by atoms with Crippen molar-refractivity contribution in [3.05, 3.63) is 54.6 Å². The van der Waals surface area contributed by atoms with Crippen molar-refractivity contribution in [3.8, 4) is 11.1 Å². The zero-order valence-electron chi connectivity index (χ0n) is 16.1. The lowest BCUT2D eigenvalue weighted by Crippen LogP contribution is -2.56. The number of hydrazine groups is 1. The number of nitrogens with zero attached hydrogens (tertiary/aromatic N) is 2. The summed E-state index contributed by atoms with van der Waals surface area (Å²) in [6, 6.07) is 18.1. The predicted molar refractivity (Wildman–Crippen MR) is 110 cm³/mol. The molecule has 0 radical (unpaired) electrons. The predicted octanol–water partition coefficient (Wildman–Crippen LogP) is 2.17. The Labute approximate surface area is 165 Å². The Morgan fingerprint density at radius 3 is 2.50 bits per heavy atom. The zero-order valence-corrected chi connectivity index (χ0v) is 16.1. The molecule has 0 aromatic heterocycles. The highest BCUT2D eigenvalue weighted by Crippen LogP contribution is 2.31. The quantitative estimate of drug-likeness (QED) is 0.856. The molecule has 0 bridgehead atoms. The molecule has 2 N–H and O–H groups in total. The lowest BCUT2D eigenvalue weighted by atomic mass is 10.0. The van der Waals surface area contributed by atoms with Crippen molar-refractivity contribution >= 4 is 17.5 Å². The van der Waals surface area contributed by atoms with Crippen LogP contribution < -0.4 is 15.8 Å². The maximum atomic E-state index is 12.9. The van der Waals surface area contributed by atoms with Crippen LogP contribution in [0.1, 0.15) is 19.8 Å². The largest absolute Gasteiger partial charge is 0.330 e. The van der Waals surface area contributed by atoms with Crippen molar-refractivity contribution in [2.75, 3.05) is 24.5 Å². The topological polar surface area (TPSA) is 64.7 Å². The number of rotatable bonds is 4. The smallest absolute Gasteiger partial charge is 0.246 e. The maximum Gasteiger partial charge on any atom is 0.246 e. The summed E-state index contributed by atoms with van der Waals surface area (Å²) in [7, 11) is 0. The molecule has 2 unspecified atom stereocenters. The molecule has 2 aromatic rings. The third kappa shape index (κ3) is 3.66. The molecule has 6 nitrogen and oxygen atoms in total. The van der Waals surface area contributed by atoms with E-state index in [0.717, 1.165) is 29.7 Å². The van der Waals surface area contributed by atoms with Crippen molar-refractivity contribution < 1.29 is 9.59 Å². The fourth-order valence-electron chi connectivity index (χ4n) is 3.96. The van der Waals surface area contributed by atoms with Gasteiger partial charge in [-0.2, -0.15) is 0 Å². The molecule has 6 heteroatoms. The van der Waals surface area contributed by atoms with Gasteiger partial charge in [0.2, 0.25) is 11.8 Å². The summed E-state index contributed by atoms with van der Waals surface area (Å²) in [6.45, 7) is 3.27. The van der Waals surface area contributed by atoms with Crippen LogP contribution in [0.5, 0.6) is 0 Å². The van der Waals surface area contributed by atoms with Crippen LogP contribution >= 0.6 is 0 Å². The second-order valence-electron chi connectivity index (χ2n) is 7.37. The monoisotopic (exact) mass is 378 g/mol. The fraction of sp³-hybridized carbons (Fsp3) is 0.364. The molecule has 2 aromatic carbocycles. The molecule has 2 fully saturated rings. The van der Waals surface area contributed by atoms with Crippen molar-refractivity contribution in [2.24, 2.45) is 0 Å². The minimum atomic E-state index is -0.249. The van der Waals surface area contributed by atoms with E-state index in [1.54, 1.807) is 9.80 Å². The van der Waals surface area contributed by atoms with Crippen LogP contribution in [-0.4, -0.2) is 48.4 Å². The maximum absolute atomic E-state index is 12.9. The van der Waals surface area contributed by atoms with Gasteiger partial charge in [0.25, 0.3) is 0 Å². The summed E-state index contributed by atoms with van der Waals surface area (Å²) in [6.07, 6.45) is 1.74. The molecule has 2 heterocycles. The lowest BCUT2D eigenvalue weighted by Gasteiger charge is -2.36. The number of piperazine rings is 1. The summed E-state index contributed by atoms with van der Waals surface area (Å²) in [4.78, 5) is 29.2. The van der Waals surface area contributed by atoms with Crippen LogP contribution in [-0.2, 0) is 9.59 Å². The number of para-hydroxylation sites is 1. The Kier molecular flexibility index (Phi) is 5.41. The van der Waals surface area contributed by atoms with Crippen LogP contribution in [0, 0.1) is 0 Å². The Hall–Kier alpha value is -2.70. The van der Waals surface area contributed by atoms with Gasteiger partial charge in [-0.25, -0.2) is 5.43 Å². The van der Waals surface area contributed by atoms with Gasteiger partial charge < -0.3 is 9.80 Å². The third-order valence-corrected chi connectivity index (χ3v) is 5.58. The van der Waals surface area contributed by atoms with Gasteiger partial charge in [0.15, 0.2) is 0 Å². The molecule has 4 rings (SSSR count). The van der Waals surface area contributed by atoms with Gasteiger partial charge in [-0.1, -0.05) is 55.5 Å². The zero-order chi connectivity index (χ0) is 19.5. The van der Waals surface area contributed by atoms with E-state index in [1.165, 1.54) is 0 Å². The molecule has 28 heavy (non-hydrogen) atoms. The highest BCUT2D eigenvalue weighted by Gasteiger charge is 2.35. The Morgan fingerprint density at radius 1 is 1.04 bits per heavy atom. The number of hydrogen-bond donors (Lipinski definition) is 2. The third-order valence-electron chi connectivity index (χ3n) is 5.58. The number of benzene rings is 2. The van der Waals surface area contributed by atoms with Crippen LogP contribution in [0.2, 0.25) is 0 Å². The first-order chi connectivity index (χ1) is 13.7. The van der Waals surface area contributed by atoms with Gasteiger partial charge in [-0.3, -0.25) is 15.0 Å². The van der Waals surface area contributed by atoms with Crippen LogP contribution in [0.25, 0.3) is 11.1 Å². The van der Waals surface area contributed by atoms with E-state index in [4.69, 9.17) is 0 Å². The van der Waals surface area contributed by atoms with Gasteiger partial charge in [-0.05, 0) is 24.5 Å². The second-order valence-corrected chi connectivity index (χ2v) is 7.37. The fourth-order valence-corrected chi connectivity index (χ4v) is 3.96. The van der Waals surface area contributed by atoms with E-state index >= 15 is 0 Å². The molecule has 0 saturated carbocycles. The summed E-state index contributed by atoms with van der Waals surface area (Å²) >= 11 is 0. The minimum absolute atomic E-state index is 0.00722. The molecule has 2 amide bonds. The molecular weight excluding hydrogens is 352 g/mol. The number of amides is 2. The Morgan fingerprint density at radius 2 is 1.79 bits per heavy atom. The molecule has 0 aliphatic carbocycles. The summed E-state index contributed by atoms with van der Waals surface area (Å²) in [5.41, 5.74) is 9.24. The second kappa shape index (κ2) is 8.12. The lowest BCUT2D eigenvalue weighted by molar-refractivity contribution is -0.138. The van der Waals surface area contributed by atoms with Crippen molar-refractivity contribution in [1.29, 1.82) is 0 Å². The number of hydrogen-bond acceptors (Lipinski definition) is 4. The number of anilines is 1. The number of carbonyl (C=O) groups is 2. The molecule has 146 valence electrons. The SMILES string of the molecule is CCC1CC(C(=O)N2CCN(c3ccccc3-c3ccccc3)C(=O)C2)NN1. The van der Waals surface area contributed by atoms with Gasteiger partial charge >= 0.3 is 0 Å².